The van der Waals surface area contributed by atoms with Gasteiger partial charge in [0.1, 0.15) is 5.41 Å². The lowest BCUT2D eigenvalue weighted by Gasteiger charge is -2.39. The Hall–Kier alpha value is -3.25. The van der Waals surface area contributed by atoms with Crippen molar-refractivity contribution in [2.75, 3.05) is 26.2 Å². The zero-order valence-electron chi connectivity index (χ0n) is 33.4. The van der Waals surface area contributed by atoms with E-state index in [-0.39, 0.29) is 40.9 Å². The van der Waals surface area contributed by atoms with Crippen molar-refractivity contribution < 1.29 is 9.59 Å². The number of carbonyl (C=O) groups is 2. The van der Waals surface area contributed by atoms with E-state index >= 15 is 0 Å². The fourth-order valence-electron chi connectivity index (χ4n) is 7.43. The smallest absolute Gasteiger partial charge is 0.277 e. The van der Waals surface area contributed by atoms with Gasteiger partial charge in [0.2, 0.25) is 0 Å². The van der Waals surface area contributed by atoms with Crippen molar-refractivity contribution in [2.24, 2.45) is 22.7 Å². The molecule has 1 fully saturated rings. The normalized spacial score (nSPS) is 22.6. The Balaban J connectivity index is 0.000000169. The SMILES string of the molecule is CC(C)N1C=C2C(=O)N(C(C)C)N=C2CC1.CC(C)N1CCC2=NN(C(C)C)C(=O)C2(C)C1.CC(C)N1CCc2c(c(=O)n(C(C)C)n2C)C1. The Kier molecular flexibility index (Phi) is 12.3. The lowest BCUT2D eigenvalue weighted by atomic mass is 9.79. The molecular weight excluding hydrogens is 630 g/mol. The highest BCUT2D eigenvalue weighted by Gasteiger charge is 2.50. The van der Waals surface area contributed by atoms with E-state index in [4.69, 9.17) is 0 Å². The second kappa shape index (κ2) is 15.6. The van der Waals surface area contributed by atoms with Crippen molar-refractivity contribution in [1.29, 1.82) is 0 Å². The fourth-order valence-corrected chi connectivity index (χ4v) is 7.43. The molecule has 5 aliphatic rings. The fraction of sp³-hybridized carbons (Fsp3) is 0.763. The first-order valence-electron chi connectivity index (χ1n) is 18.9. The molecule has 1 atom stereocenters. The lowest BCUT2D eigenvalue weighted by Crippen LogP contribution is -2.53. The summed E-state index contributed by atoms with van der Waals surface area (Å²) in [5.74, 6) is 0.225. The molecule has 2 amide bonds. The molecule has 0 radical (unpaired) electrons. The number of amides is 2. The van der Waals surface area contributed by atoms with Crippen LogP contribution in [0.3, 0.4) is 0 Å². The van der Waals surface area contributed by atoms with E-state index in [1.54, 1.807) is 10.0 Å². The summed E-state index contributed by atoms with van der Waals surface area (Å²) in [6.07, 6.45) is 4.75. The van der Waals surface area contributed by atoms with Gasteiger partial charge in [-0.1, -0.05) is 0 Å². The molecule has 1 aromatic heterocycles. The van der Waals surface area contributed by atoms with Crippen LogP contribution in [0.1, 0.15) is 120 Å². The van der Waals surface area contributed by atoms with E-state index in [0.29, 0.717) is 18.1 Å². The van der Waals surface area contributed by atoms with Crippen LogP contribution in [0.25, 0.3) is 0 Å². The third-order valence-corrected chi connectivity index (χ3v) is 10.7. The molecule has 50 heavy (non-hydrogen) atoms. The van der Waals surface area contributed by atoms with Crippen molar-refractivity contribution in [3.63, 3.8) is 0 Å². The molecule has 12 nitrogen and oxygen atoms in total. The highest BCUT2D eigenvalue weighted by molar-refractivity contribution is 6.25. The predicted molar refractivity (Wildman–Crippen MR) is 202 cm³/mol. The number of fused-ring (bicyclic) bond motifs is 3. The Labute approximate surface area is 300 Å². The predicted octanol–water partition coefficient (Wildman–Crippen LogP) is 4.84. The van der Waals surface area contributed by atoms with Crippen molar-refractivity contribution in [1.82, 2.24) is 34.1 Å². The first-order valence-corrected chi connectivity index (χ1v) is 18.9. The van der Waals surface area contributed by atoms with Gasteiger partial charge in [0.15, 0.2) is 0 Å². The number of piperidine rings is 1. The van der Waals surface area contributed by atoms with Gasteiger partial charge in [0.05, 0.1) is 28.6 Å². The number of hydrazone groups is 2. The van der Waals surface area contributed by atoms with E-state index < -0.39 is 0 Å². The highest BCUT2D eigenvalue weighted by Crippen LogP contribution is 2.36. The maximum absolute atomic E-state index is 12.5. The van der Waals surface area contributed by atoms with Gasteiger partial charge in [0, 0.05) is 101 Å². The Morgan fingerprint density at radius 3 is 1.82 bits per heavy atom. The summed E-state index contributed by atoms with van der Waals surface area (Å²) < 4.78 is 3.93. The summed E-state index contributed by atoms with van der Waals surface area (Å²) in [6, 6.07) is 1.97. The summed E-state index contributed by atoms with van der Waals surface area (Å²) in [5.41, 5.74) is 4.86. The second-order valence-corrected chi connectivity index (χ2v) is 16.4. The number of aromatic nitrogens is 2. The zero-order valence-corrected chi connectivity index (χ0v) is 33.4. The molecule has 1 saturated heterocycles. The third kappa shape index (κ3) is 7.81. The van der Waals surface area contributed by atoms with Crippen molar-refractivity contribution in [3.8, 4) is 0 Å². The number of hydrogen-bond donors (Lipinski definition) is 0. The highest BCUT2D eigenvalue weighted by atomic mass is 16.2. The van der Waals surface area contributed by atoms with Gasteiger partial charge >= 0.3 is 0 Å². The number of likely N-dealkylation sites (tertiary alicyclic amines) is 1. The monoisotopic (exact) mass is 696 g/mol. The van der Waals surface area contributed by atoms with Crippen LogP contribution in [0.5, 0.6) is 0 Å². The summed E-state index contributed by atoms with van der Waals surface area (Å²) in [6.45, 7) is 31.9. The first kappa shape index (κ1) is 39.5. The molecule has 0 bridgehead atoms. The number of hydrogen-bond acceptors (Lipinski definition) is 8. The minimum atomic E-state index is -0.382. The Morgan fingerprint density at radius 2 is 1.28 bits per heavy atom. The van der Waals surface area contributed by atoms with Gasteiger partial charge in [-0.3, -0.25) is 28.9 Å². The Morgan fingerprint density at radius 1 is 0.680 bits per heavy atom. The molecule has 0 spiro atoms. The van der Waals surface area contributed by atoms with Crippen LogP contribution in [-0.4, -0.2) is 114 Å². The van der Waals surface area contributed by atoms with Crippen molar-refractivity contribution in [3.05, 3.63) is 33.4 Å². The van der Waals surface area contributed by atoms with Gasteiger partial charge in [0.25, 0.3) is 17.4 Å². The van der Waals surface area contributed by atoms with Crippen LogP contribution in [-0.2, 0) is 29.6 Å². The molecule has 1 unspecified atom stereocenters. The lowest BCUT2D eigenvalue weighted by molar-refractivity contribution is -0.138. The van der Waals surface area contributed by atoms with Crippen LogP contribution in [0.4, 0.5) is 0 Å². The standard InChI is InChI=1S/2C13H23N3O.C12H19N3O/c1-9(2)15-7-6-12-11(8-15)13(17)16(10(3)4)14(12)5;1-9(2)15-7-6-11-13(5,8-15)12(17)16(14-11)10(3)4;1-8(2)14-6-5-11-10(7-14)12(16)15(13-11)9(3)4/h2*9-10H,6-8H2,1-5H3;7-9H,5-6H2,1-4H3. The zero-order chi connectivity index (χ0) is 37.4. The summed E-state index contributed by atoms with van der Waals surface area (Å²) >= 11 is 0. The first-order chi connectivity index (χ1) is 23.3. The third-order valence-electron chi connectivity index (χ3n) is 10.7. The molecule has 0 N–H and O–H groups in total. The average molecular weight is 696 g/mol. The van der Waals surface area contributed by atoms with Crippen molar-refractivity contribution in [2.45, 2.75) is 152 Å². The van der Waals surface area contributed by atoms with Crippen molar-refractivity contribution >= 4 is 23.2 Å². The minimum absolute atomic E-state index is 0.0513. The second-order valence-electron chi connectivity index (χ2n) is 16.4. The average Bonchev–Trinajstić information content (AvgIpc) is 3.62. The topological polar surface area (TPSA) is 102 Å². The van der Waals surface area contributed by atoms with Gasteiger partial charge in [-0.25, -0.2) is 14.7 Å². The van der Waals surface area contributed by atoms with Gasteiger partial charge < -0.3 is 4.90 Å². The van der Waals surface area contributed by atoms with E-state index in [1.807, 2.05) is 52.5 Å². The maximum atomic E-state index is 12.5. The molecule has 6 rings (SSSR count). The molecule has 280 valence electrons. The minimum Gasteiger partial charge on any atom is -0.374 e. The molecular formula is C38H65N9O3. The van der Waals surface area contributed by atoms with Gasteiger partial charge in [-0.15, -0.1) is 0 Å². The van der Waals surface area contributed by atoms with Gasteiger partial charge in [-0.05, 0) is 90.0 Å². The van der Waals surface area contributed by atoms with E-state index in [1.165, 1.54) is 5.69 Å². The summed E-state index contributed by atoms with van der Waals surface area (Å²) in [5, 5.41) is 12.2. The van der Waals surface area contributed by atoms with Crippen LogP contribution in [0.15, 0.2) is 26.8 Å². The quantitative estimate of drug-likeness (QED) is 0.423. The maximum Gasteiger partial charge on any atom is 0.277 e. The van der Waals surface area contributed by atoms with E-state index in [9.17, 15) is 14.4 Å². The van der Waals surface area contributed by atoms with Crippen LogP contribution >= 0.6 is 0 Å². The molecule has 0 aromatic carbocycles. The molecule has 5 aliphatic heterocycles. The Bertz CT molecular complexity index is 1560. The van der Waals surface area contributed by atoms with E-state index in [0.717, 1.165) is 74.5 Å². The van der Waals surface area contributed by atoms with Crippen LogP contribution < -0.4 is 5.56 Å². The number of nitrogens with zero attached hydrogens (tertiary/aromatic N) is 9. The number of rotatable bonds is 6. The summed E-state index contributed by atoms with van der Waals surface area (Å²) in [4.78, 5) is 43.8. The van der Waals surface area contributed by atoms with Gasteiger partial charge in [-0.2, -0.15) is 10.2 Å². The molecule has 6 heterocycles. The molecule has 0 saturated carbocycles. The van der Waals surface area contributed by atoms with E-state index in [2.05, 4.69) is 85.0 Å². The summed E-state index contributed by atoms with van der Waals surface area (Å²) in [7, 11) is 2.01. The number of carbonyl (C=O) groups excluding carboxylic acids is 2. The molecule has 12 heteroatoms. The molecule has 0 aliphatic carbocycles. The van der Waals surface area contributed by atoms with Crippen LogP contribution in [0, 0.1) is 5.41 Å². The largest absolute Gasteiger partial charge is 0.374 e. The van der Waals surface area contributed by atoms with Crippen LogP contribution in [0.2, 0.25) is 0 Å². The molecule has 1 aromatic rings.